The highest BCUT2D eigenvalue weighted by atomic mass is 32.2. The molecule has 2 aromatic rings. The molecule has 0 aromatic carbocycles. The summed E-state index contributed by atoms with van der Waals surface area (Å²) in [6.45, 7) is 2.14. The Kier molecular flexibility index (Phi) is 5.22. The zero-order valence-corrected chi connectivity index (χ0v) is 16.3. The summed E-state index contributed by atoms with van der Waals surface area (Å²) < 4.78 is 31.8. The quantitative estimate of drug-likeness (QED) is 0.720. The van der Waals surface area contributed by atoms with Gasteiger partial charge in [0.25, 0.3) is 0 Å². The van der Waals surface area contributed by atoms with Crippen LogP contribution in [-0.4, -0.2) is 78.1 Å². The number of thiazole rings is 1. The first-order chi connectivity index (χ1) is 13.0. The number of pyridine rings is 1. The number of nitrogens with zero attached hydrogens (tertiary/aromatic N) is 4. The Balaban J connectivity index is 1.32. The van der Waals surface area contributed by atoms with Crippen LogP contribution in [0.2, 0.25) is 0 Å². The van der Waals surface area contributed by atoms with Gasteiger partial charge >= 0.3 is 0 Å². The summed E-state index contributed by atoms with van der Waals surface area (Å²) in [6.07, 6.45) is 3.62. The minimum atomic E-state index is -3.36. The van der Waals surface area contributed by atoms with E-state index in [4.69, 9.17) is 4.74 Å². The third kappa shape index (κ3) is 3.88. The average Bonchev–Trinajstić information content (AvgIpc) is 3.10. The van der Waals surface area contributed by atoms with Crippen LogP contribution < -0.4 is 0 Å². The van der Waals surface area contributed by atoms with Crippen molar-refractivity contribution in [2.24, 2.45) is 0 Å². The van der Waals surface area contributed by atoms with Crippen LogP contribution in [0.25, 0.3) is 10.6 Å². The lowest BCUT2D eigenvalue weighted by Gasteiger charge is -2.41. The van der Waals surface area contributed by atoms with Gasteiger partial charge in [-0.2, -0.15) is 4.31 Å². The lowest BCUT2D eigenvalue weighted by molar-refractivity contribution is -0.133. The molecule has 2 saturated heterocycles. The second kappa shape index (κ2) is 7.63. The highest BCUT2D eigenvalue weighted by molar-refractivity contribution is 7.89. The summed E-state index contributed by atoms with van der Waals surface area (Å²) in [5.74, 6) is -0.0912. The van der Waals surface area contributed by atoms with Crippen molar-refractivity contribution in [3.63, 3.8) is 0 Å². The van der Waals surface area contributed by atoms with E-state index in [0.717, 1.165) is 10.6 Å². The molecule has 0 aliphatic carbocycles. The number of hydrogen-bond donors (Lipinski definition) is 0. The van der Waals surface area contributed by atoms with Crippen LogP contribution in [-0.2, 0) is 26.0 Å². The standard InChI is InChI=1S/C17H20N4O4S2/c22-16(8-14-12-26-17(19-14)13-2-1-3-18-9-13)20-10-15(11-20)27(23,24)21-4-6-25-7-5-21/h1-3,9,12,15H,4-8,10-11H2. The molecule has 2 fully saturated rings. The molecule has 0 spiro atoms. The van der Waals surface area contributed by atoms with Gasteiger partial charge in [-0.05, 0) is 12.1 Å². The van der Waals surface area contributed by atoms with Crippen LogP contribution in [0.1, 0.15) is 5.69 Å². The van der Waals surface area contributed by atoms with Crippen LogP contribution in [0.4, 0.5) is 0 Å². The van der Waals surface area contributed by atoms with E-state index in [2.05, 4.69) is 9.97 Å². The van der Waals surface area contributed by atoms with Gasteiger partial charge < -0.3 is 9.64 Å². The first kappa shape index (κ1) is 18.5. The van der Waals surface area contributed by atoms with Crippen LogP contribution in [0, 0.1) is 0 Å². The fraction of sp³-hybridized carbons (Fsp3) is 0.471. The Morgan fingerprint density at radius 3 is 2.78 bits per heavy atom. The third-order valence-electron chi connectivity index (χ3n) is 4.74. The summed E-state index contributed by atoms with van der Waals surface area (Å²) in [5, 5.41) is 2.17. The molecule has 2 aliphatic rings. The molecule has 4 heterocycles. The lowest BCUT2D eigenvalue weighted by Crippen LogP contribution is -2.61. The highest BCUT2D eigenvalue weighted by Gasteiger charge is 2.43. The minimum Gasteiger partial charge on any atom is -0.379 e. The van der Waals surface area contributed by atoms with E-state index < -0.39 is 15.3 Å². The SMILES string of the molecule is O=C(Cc1csc(-c2cccnc2)n1)N1CC(S(=O)(=O)N2CCOCC2)C1. The molecule has 1 amide bonds. The molecule has 0 bridgehead atoms. The second-order valence-corrected chi connectivity index (χ2v) is 9.61. The number of ether oxygens (including phenoxy) is 1. The maximum absolute atomic E-state index is 12.6. The number of likely N-dealkylation sites (tertiary alicyclic amines) is 1. The molecule has 4 rings (SSSR count). The predicted octanol–water partition coefficient (Wildman–Crippen LogP) is 0.620. The third-order valence-corrected chi connectivity index (χ3v) is 7.91. The van der Waals surface area contributed by atoms with Gasteiger partial charge in [0.15, 0.2) is 0 Å². The Hall–Kier alpha value is -1.88. The first-order valence-electron chi connectivity index (χ1n) is 8.73. The second-order valence-electron chi connectivity index (χ2n) is 6.54. The number of rotatable bonds is 5. The molecule has 10 heteroatoms. The molecule has 2 aliphatic heterocycles. The number of morpholine rings is 1. The predicted molar refractivity (Wildman–Crippen MR) is 101 cm³/mol. The van der Waals surface area contributed by atoms with E-state index in [9.17, 15) is 13.2 Å². The topological polar surface area (TPSA) is 92.7 Å². The van der Waals surface area contributed by atoms with Crippen molar-refractivity contribution < 1.29 is 17.9 Å². The monoisotopic (exact) mass is 408 g/mol. The molecule has 0 atom stereocenters. The zero-order valence-electron chi connectivity index (χ0n) is 14.7. The van der Waals surface area contributed by atoms with Gasteiger partial charge in [-0.3, -0.25) is 9.78 Å². The lowest BCUT2D eigenvalue weighted by atomic mass is 10.2. The van der Waals surface area contributed by atoms with Crippen LogP contribution in [0.5, 0.6) is 0 Å². The summed E-state index contributed by atoms with van der Waals surface area (Å²) in [5.41, 5.74) is 1.62. The van der Waals surface area contributed by atoms with E-state index >= 15 is 0 Å². The molecule has 2 aromatic heterocycles. The van der Waals surface area contributed by atoms with Crippen LogP contribution >= 0.6 is 11.3 Å². The van der Waals surface area contributed by atoms with E-state index in [0.29, 0.717) is 32.0 Å². The molecule has 144 valence electrons. The summed E-state index contributed by atoms with van der Waals surface area (Å²) in [4.78, 5) is 22.6. The molecule has 0 saturated carbocycles. The normalized spacial score (nSPS) is 19.0. The Morgan fingerprint density at radius 2 is 2.07 bits per heavy atom. The van der Waals surface area contributed by atoms with Gasteiger partial charge in [0.05, 0.1) is 25.3 Å². The van der Waals surface area contributed by atoms with E-state index in [1.807, 2.05) is 17.5 Å². The van der Waals surface area contributed by atoms with Gasteiger partial charge in [-0.1, -0.05) is 0 Å². The Bertz CT molecular complexity index is 904. The largest absolute Gasteiger partial charge is 0.379 e. The fourth-order valence-corrected chi connectivity index (χ4v) is 5.75. The van der Waals surface area contributed by atoms with Crippen molar-refractivity contribution in [2.75, 3.05) is 39.4 Å². The number of hydrogen-bond acceptors (Lipinski definition) is 7. The number of amides is 1. The van der Waals surface area contributed by atoms with Crippen molar-refractivity contribution in [2.45, 2.75) is 11.7 Å². The molecular formula is C17H20N4O4S2. The zero-order chi connectivity index (χ0) is 18.9. The summed E-state index contributed by atoms with van der Waals surface area (Å²) in [7, 11) is -3.36. The number of aromatic nitrogens is 2. The van der Waals surface area contributed by atoms with Crippen molar-refractivity contribution >= 4 is 27.3 Å². The van der Waals surface area contributed by atoms with E-state index in [-0.39, 0.29) is 25.4 Å². The van der Waals surface area contributed by atoms with Gasteiger partial charge in [-0.25, -0.2) is 13.4 Å². The van der Waals surface area contributed by atoms with Crippen molar-refractivity contribution in [1.29, 1.82) is 0 Å². The number of carbonyl (C=O) groups is 1. The maximum atomic E-state index is 12.6. The van der Waals surface area contributed by atoms with Crippen molar-refractivity contribution in [3.05, 3.63) is 35.6 Å². The molecular weight excluding hydrogens is 388 g/mol. The maximum Gasteiger partial charge on any atom is 0.228 e. The molecule has 0 unspecified atom stereocenters. The Labute approximate surface area is 161 Å². The van der Waals surface area contributed by atoms with E-state index in [1.165, 1.54) is 15.6 Å². The summed E-state index contributed by atoms with van der Waals surface area (Å²) >= 11 is 1.47. The van der Waals surface area contributed by atoms with Crippen LogP contribution in [0.3, 0.4) is 0 Å². The van der Waals surface area contributed by atoms with Gasteiger partial charge in [0.1, 0.15) is 10.3 Å². The summed E-state index contributed by atoms with van der Waals surface area (Å²) in [6, 6.07) is 3.77. The van der Waals surface area contributed by atoms with Crippen LogP contribution in [0.15, 0.2) is 29.9 Å². The van der Waals surface area contributed by atoms with Crippen molar-refractivity contribution in [1.82, 2.24) is 19.2 Å². The fourth-order valence-electron chi connectivity index (χ4n) is 3.12. The number of sulfonamides is 1. The molecule has 0 N–H and O–H groups in total. The highest BCUT2D eigenvalue weighted by Crippen LogP contribution is 2.25. The minimum absolute atomic E-state index is 0.0912. The van der Waals surface area contributed by atoms with E-state index in [1.54, 1.807) is 17.3 Å². The van der Waals surface area contributed by atoms with Gasteiger partial charge in [-0.15, -0.1) is 11.3 Å². The molecule has 0 radical (unpaired) electrons. The molecule has 8 nitrogen and oxygen atoms in total. The van der Waals surface area contributed by atoms with Crippen molar-refractivity contribution in [3.8, 4) is 10.6 Å². The first-order valence-corrected chi connectivity index (χ1v) is 11.1. The smallest absolute Gasteiger partial charge is 0.228 e. The van der Waals surface area contributed by atoms with Gasteiger partial charge in [0.2, 0.25) is 15.9 Å². The average molecular weight is 409 g/mol. The molecule has 27 heavy (non-hydrogen) atoms. The Morgan fingerprint density at radius 1 is 1.30 bits per heavy atom. The van der Waals surface area contributed by atoms with Gasteiger partial charge in [0, 0.05) is 49.5 Å². The number of carbonyl (C=O) groups excluding carboxylic acids is 1.